The van der Waals surface area contributed by atoms with E-state index in [9.17, 15) is 18.7 Å². The van der Waals surface area contributed by atoms with Crippen molar-refractivity contribution >= 4 is 56.2 Å². The van der Waals surface area contributed by atoms with Crippen LogP contribution in [0, 0.1) is 0 Å². The smallest absolute Gasteiger partial charge is 0.288 e. The highest BCUT2D eigenvalue weighted by Crippen LogP contribution is 2.42. The van der Waals surface area contributed by atoms with E-state index in [0.29, 0.717) is 20.1 Å². The van der Waals surface area contributed by atoms with Crippen LogP contribution in [0.4, 0.5) is 8.78 Å². The third kappa shape index (κ3) is 2.52. The summed E-state index contributed by atoms with van der Waals surface area (Å²) in [5.74, 6) is -0.882. The Morgan fingerprint density at radius 3 is 2.78 bits per heavy atom. The van der Waals surface area contributed by atoms with Crippen molar-refractivity contribution in [2.75, 3.05) is 0 Å². The SMILES string of the molecule is CC1=NN(C(=O)c2sc3cccc(Cl)c3c2Cl)C(O)(C(F)F)C1. The normalized spacial score (nSPS) is 21.3. The number of rotatable bonds is 2. The summed E-state index contributed by atoms with van der Waals surface area (Å²) in [6, 6.07) is 5.02. The highest BCUT2D eigenvalue weighted by molar-refractivity contribution is 7.21. The highest BCUT2D eigenvalue weighted by atomic mass is 35.5. The molecule has 1 N–H and O–H groups in total. The van der Waals surface area contributed by atoms with Gasteiger partial charge in [0.25, 0.3) is 12.3 Å². The molecule has 2 heterocycles. The summed E-state index contributed by atoms with van der Waals surface area (Å²) in [5.41, 5.74) is -2.43. The van der Waals surface area contributed by atoms with E-state index in [1.807, 2.05) is 0 Å². The molecule has 1 aliphatic heterocycles. The molecule has 0 saturated heterocycles. The van der Waals surface area contributed by atoms with Gasteiger partial charge in [0, 0.05) is 22.2 Å². The first kappa shape index (κ1) is 16.6. The summed E-state index contributed by atoms with van der Waals surface area (Å²) < 4.78 is 27.1. The number of amides is 1. The molecule has 2 aromatic rings. The number of hydrogen-bond acceptors (Lipinski definition) is 4. The standard InChI is InChI=1S/C14H10Cl2F2N2O2S/c1-6-5-14(22,13(17)18)20(19-6)12(21)11-10(16)9-7(15)3-2-4-8(9)23-11/h2-4,13,22H,5H2,1H3. The van der Waals surface area contributed by atoms with Gasteiger partial charge in [-0.1, -0.05) is 29.3 Å². The lowest BCUT2D eigenvalue weighted by Crippen LogP contribution is -2.51. The van der Waals surface area contributed by atoms with E-state index in [1.165, 1.54) is 6.92 Å². The van der Waals surface area contributed by atoms with E-state index in [-0.39, 0.29) is 15.6 Å². The number of carbonyl (C=O) groups is 1. The lowest BCUT2D eigenvalue weighted by atomic mass is 10.1. The molecule has 1 aliphatic rings. The quantitative estimate of drug-likeness (QED) is 0.842. The Hall–Kier alpha value is -1.28. The molecule has 0 aliphatic carbocycles. The van der Waals surface area contributed by atoms with Gasteiger partial charge >= 0.3 is 0 Å². The van der Waals surface area contributed by atoms with Gasteiger partial charge in [0.15, 0.2) is 0 Å². The Kier molecular flexibility index (Phi) is 4.08. The van der Waals surface area contributed by atoms with Crippen LogP contribution in [0.3, 0.4) is 0 Å². The number of halogens is 4. The number of hydrogen-bond donors (Lipinski definition) is 1. The topological polar surface area (TPSA) is 52.9 Å². The van der Waals surface area contributed by atoms with Gasteiger partial charge in [0.2, 0.25) is 5.72 Å². The van der Waals surface area contributed by atoms with Gasteiger partial charge in [-0.2, -0.15) is 10.1 Å². The van der Waals surface area contributed by atoms with E-state index >= 15 is 0 Å². The number of benzene rings is 1. The molecule has 3 rings (SSSR count). The third-order valence-corrected chi connectivity index (χ3v) is 5.44. The van der Waals surface area contributed by atoms with Crippen molar-refractivity contribution in [2.45, 2.75) is 25.5 Å². The van der Waals surface area contributed by atoms with Gasteiger partial charge in [-0.05, 0) is 19.1 Å². The van der Waals surface area contributed by atoms with E-state index in [4.69, 9.17) is 23.2 Å². The van der Waals surface area contributed by atoms with Gasteiger partial charge in [-0.15, -0.1) is 11.3 Å². The molecule has 0 fully saturated rings. The van der Waals surface area contributed by atoms with Crippen LogP contribution < -0.4 is 0 Å². The molecule has 23 heavy (non-hydrogen) atoms. The molecule has 1 unspecified atom stereocenters. The summed E-state index contributed by atoms with van der Waals surface area (Å²) in [7, 11) is 0. The molecular weight excluding hydrogens is 369 g/mol. The predicted molar refractivity (Wildman–Crippen MR) is 86.7 cm³/mol. The van der Waals surface area contributed by atoms with E-state index in [1.54, 1.807) is 18.2 Å². The van der Waals surface area contributed by atoms with Crippen molar-refractivity contribution in [3.63, 3.8) is 0 Å². The van der Waals surface area contributed by atoms with Crippen LogP contribution in [-0.4, -0.2) is 33.9 Å². The molecule has 1 amide bonds. The Labute approximate surface area is 143 Å². The minimum atomic E-state index is -3.16. The third-order valence-electron chi connectivity index (χ3n) is 3.50. The fourth-order valence-electron chi connectivity index (χ4n) is 2.44. The summed E-state index contributed by atoms with van der Waals surface area (Å²) in [6.07, 6.45) is -3.58. The van der Waals surface area contributed by atoms with Crippen LogP contribution in [-0.2, 0) is 0 Å². The van der Waals surface area contributed by atoms with Gasteiger partial charge in [0.1, 0.15) is 4.88 Å². The number of thiophene rings is 1. The maximum atomic E-state index is 13.2. The van der Waals surface area contributed by atoms with Crippen LogP contribution in [0.5, 0.6) is 0 Å². The second-order valence-electron chi connectivity index (χ2n) is 5.17. The van der Waals surface area contributed by atoms with Crippen molar-refractivity contribution in [1.82, 2.24) is 5.01 Å². The van der Waals surface area contributed by atoms with Gasteiger partial charge in [-0.3, -0.25) is 4.79 Å². The summed E-state index contributed by atoms with van der Waals surface area (Å²) in [5, 5.41) is 15.2. The molecule has 0 bridgehead atoms. The zero-order chi connectivity index (χ0) is 16.9. The van der Waals surface area contributed by atoms with E-state index in [0.717, 1.165) is 11.3 Å². The monoisotopic (exact) mass is 378 g/mol. The number of fused-ring (bicyclic) bond motifs is 1. The molecule has 1 aromatic heterocycles. The average molecular weight is 379 g/mol. The van der Waals surface area contributed by atoms with E-state index in [2.05, 4.69) is 5.10 Å². The van der Waals surface area contributed by atoms with Crippen LogP contribution in [0.1, 0.15) is 23.0 Å². The highest BCUT2D eigenvalue weighted by Gasteiger charge is 2.51. The molecule has 4 nitrogen and oxygen atoms in total. The summed E-state index contributed by atoms with van der Waals surface area (Å²) in [6.45, 7) is 1.46. The molecule has 0 radical (unpaired) electrons. The van der Waals surface area contributed by atoms with E-state index < -0.39 is 24.5 Å². The first-order valence-corrected chi connectivity index (χ1v) is 8.08. The van der Waals surface area contributed by atoms with Crippen LogP contribution in [0.2, 0.25) is 10.0 Å². The Bertz CT molecular complexity index is 840. The van der Waals surface area contributed by atoms with Gasteiger partial charge in [0.05, 0.1) is 10.0 Å². The predicted octanol–water partition coefficient (Wildman–Crippen LogP) is 4.38. The van der Waals surface area contributed by atoms with Crippen LogP contribution in [0.15, 0.2) is 23.3 Å². The van der Waals surface area contributed by atoms with Gasteiger partial charge < -0.3 is 5.11 Å². The minimum Gasteiger partial charge on any atom is -0.364 e. The Morgan fingerprint density at radius 1 is 1.48 bits per heavy atom. The van der Waals surface area contributed by atoms with Crippen molar-refractivity contribution in [1.29, 1.82) is 0 Å². The molecule has 122 valence electrons. The average Bonchev–Trinajstić information content (AvgIpc) is 2.97. The summed E-state index contributed by atoms with van der Waals surface area (Å²) >= 11 is 13.3. The Balaban J connectivity index is 2.10. The second-order valence-corrected chi connectivity index (χ2v) is 7.00. The molecule has 9 heteroatoms. The molecule has 0 saturated carbocycles. The molecule has 1 aromatic carbocycles. The molecule has 1 atom stereocenters. The van der Waals surface area contributed by atoms with Crippen LogP contribution >= 0.6 is 34.5 Å². The molecule has 0 spiro atoms. The fraction of sp³-hybridized carbons (Fsp3) is 0.286. The van der Waals surface area contributed by atoms with Gasteiger partial charge in [-0.25, -0.2) is 8.78 Å². The maximum absolute atomic E-state index is 13.2. The first-order chi connectivity index (χ1) is 10.8. The largest absolute Gasteiger partial charge is 0.364 e. The minimum absolute atomic E-state index is 0.00675. The number of carbonyl (C=O) groups excluding carboxylic acids is 1. The lowest BCUT2D eigenvalue weighted by molar-refractivity contribution is -0.164. The molecular formula is C14H10Cl2F2N2O2S. The fourth-order valence-corrected chi connectivity index (χ4v) is 4.31. The summed E-state index contributed by atoms with van der Waals surface area (Å²) in [4.78, 5) is 12.6. The van der Waals surface area contributed by atoms with Crippen molar-refractivity contribution in [2.24, 2.45) is 5.10 Å². The van der Waals surface area contributed by atoms with Crippen molar-refractivity contribution in [3.8, 4) is 0 Å². The number of alkyl halides is 2. The lowest BCUT2D eigenvalue weighted by Gasteiger charge is -2.29. The Morgan fingerprint density at radius 2 is 2.17 bits per heavy atom. The first-order valence-electron chi connectivity index (χ1n) is 6.51. The number of nitrogens with zero attached hydrogens (tertiary/aromatic N) is 2. The maximum Gasteiger partial charge on any atom is 0.288 e. The zero-order valence-corrected chi connectivity index (χ0v) is 14.0. The number of hydrazone groups is 1. The zero-order valence-electron chi connectivity index (χ0n) is 11.7. The number of aliphatic hydroxyl groups is 1. The van der Waals surface area contributed by atoms with Crippen molar-refractivity contribution < 1.29 is 18.7 Å². The van der Waals surface area contributed by atoms with Crippen LogP contribution in [0.25, 0.3) is 10.1 Å². The van der Waals surface area contributed by atoms with Crippen molar-refractivity contribution in [3.05, 3.63) is 33.1 Å². The second kappa shape index (κ2) is 5.66.